The van der Waals surface area contributed by atoms with Gasteiger partial charge in [0.25, 0.3) is 0 Å². The van der Waals surface area contributed by atoms with Crippen molar-refractivity contribution in [2.45, 2.75) is 46.0 Å². The van der Waals surface area contributed by atoms with Crippen LogP contribution in [-0.4, -0.2) is 28.8 Å². The van der Waals surface area contributed by atoms with Crippen molar-refractivity contribution < 1.29 is 13.7 Å². The first-order chi connectivity index (χ1) is 7.61. The predicted octanol–water partition coefficient (Wildman–Crippen LogP) is 2.51. The Labute approximate surface area is 101 Å². The standard InChI is InChI=1S/C12H24O3S/c1-4-5-6-7-8-9-16(14)10-11(2)12(13)15-3/h11H,4-10H2,1-3H3. The number of carbonyl (C=O) groups is 1. The summed E-state index contributed by atoms with van der Waals surface area (Å²) < 4.78 is 16.2. The Bertz CT molecular complexity index is 216. The Morgan fingerprint density at radius 1 is 1.25 bits per heavy atom. The van der Waals surface area contributed by atoms with Gasteiger partial charge in [0.1, 0.15) is 0 Å². The van der Waals surface area contributed by atoms with E-state index in [4.69, 9.17) is 0 Å². The first kappa shape index (κ1) is 15.6. The molecule has 16 heavy (non-hydrogen) atoms. The molecule has 2 unspecified atom stereocenters. The molecule has 2 atom stereocenters. The van der Waals surface area contributed by atoms with Crippen LogP contribution in [0.5, 0.6) is 0 Å². The van der Waals surface area contributed by atoms with Crippen LogP contribution in [0.4, 0.5) is 0 Å². The molecule has 0 aromatic rings. The molecule has 0 aromatic heterocycles. The van der Waals surface area contributed by atoms with Crippen molar-refractivity contribution in [2.75, 3.05) is 18.6 Å². The fourth-order valence-electron chi connectivity index (χ4n) is 1.50. The Balaban J connectivity index is 3.54. The average molecular weight is 248 g/mol. The SMILES string of the molecule is CCCCCCCS(=O)CC(C)C(=O)OC. The molecular weight excluding hydrogens is 224 g/mol. The van der Waals surface area contributed by atoms with Gasteiger partial charge in [0.15, 0.2) is 0 Å². The summed E-state index contributed by atoms with van der Waals surface area (Å²) >= 11 is 0. The van der Waals surface area contributed by atoms with Gasteiger partial charge < -0.3 is 4.74 Å². The largest absolute Gasteiger partial charge is 0.469 e. The average Bonchev–Trinajstić information content (AvgIpc) is 2.27. The molecule has 0 heterocycles. The molecule has 0 amide bonds. The van der Waals surface area contributed by atoms with E-state index in [9.17, 15) is 9.00 Å². The highest BCUT2D eigenvalue weighted by molar-refractivity contribution is 7.85. The van der Waals surface area contributed by atoms with Crippen molar-refractivity contribution >= 4 is 16.8 Å². The highest BCUT2D eigenvalue weighted by atomic mass is 32.2. The predicted molar refractivity (Wildman–Crippen MR) is 67.8 cm³/mol. The lowest BCUT2D eigenvalue weighted by atomic mass is 10.2. The monoisotopic (exact) mass is 248 g/mol. The first-order valence-corrected chi connectivity index (χ1v) is 7.53. The maximum absolute atomic E-state index is 11.6. The Morgan fingerprint density at radius 3 is 2.44 bits per heavy atom. The molecule has 0 aliphatic rings. The van der Waals surface area contributed by atoms with Crippen molar-refractivity contribution in [3.05, 3.63) is 0 Å². The van der Waals surface area contributed by atoms with Crippen LogP contribution in [0.25, 0.3) is 0 Å². The summed E-state index contributed by atoms with van der Waals surface area (Å²) in [5.41, 5.74) is 0. The van der Waals surface area contributed by atoms with Gasteiger partial charge in [-0.05, 0) is 6.42 Å². The highest BCUT2D eigenvalue weighted by Crippen LogP contribution is 2.06. The first-order valence-electron chi connectivity index (χ1n) is 6.04. The van der Waals surface area contributed by atoms with Crippen molar-refractivity contribution in [1.82, 2.24) is 0 Å². The number of esters is 1. The van der Waals surface area contributed by atoms with Crippen LogP contribution in [-0.2, 0) is 20.3 Å². The molecule has 3 nitrogen and oxygen atoms in total. The number of rotatable bonds is 9. The van der Waals surface area contributed by atoms with Crippen LogP contribution in [0.15, 0.2) is 0 Å². The van der Waals surface area contributed by atoms with Gasteiger partial charge in [-0.2, -0.15) is 0 Å². The number of carbonyl (C=O) groups excluding carboxylic acids is 1. The third-order valence-corrected chi connectivity index (χ3v) is 4.13. The summed E-state index contributed by atoms with van der Waals surface area (Å²) in [6.07, 6.45) is 5.85. The normalized spacial score (nSPS) is 14.4. The lowest BCUT2D eigenvalue weighted by molar-refractivity contribution is -0.144. The van der Waals surface area contributed by atoms with E-state index in [0.717, 1.165) is 12.8 Å². The number of hydrogen-bond donors (Lipinski definition) is 0. The minimum atomic E-state index is -0.879. The molecule has 96 valence electrons. The van der Waals surface area contributed by atoms with Crippen LogP contribution in [0.2, 0.25) is 0 Å². The third-order valence-electron chi connectivity index (χ3n) is 2.52. The summed E-state index contributed by atoms with van der Waals surface area (Å²) in [5.74, 6) is 0.631. The lowest BCUT2D eigenvalue weighted by Gasteiger charge is -2.08. The van der Waals surface area contributed by atoms with Crippen LogP contribution >= 0.6 is 0 Å². The van der Waals surface area contributed by atoms with E-state index < -0.39 is 10.8 Å². The van der Waals surface area contributed by atoms with Crippen LogP contribution in [0.3, 0.4) is 0 Å². The van der Waals surface area contributed by atoms with E-state index in [2.05, 4.69) is 11.7 Å². The molecule has 0 aliphatic heterocycles. The van der Waals surface area contributed by atoms with E-state index in [-0.39, 0.29) is 11.9 Å². The number of hydrogen-bond acceptors (Lipinski definition) is 3. The molecular formula is C12H24O3S. The van der Waals surface area contributed by atoms with Gasteiger partial charge in [0, 0.05) is 22.3 Å². The Kier molecular flexibility index (Phi) is 9.59. The summed E-state index contributed by atoms with van der Waals surface area (Å²) in [7, 11) is 0.489. The van der Waals surface area contributed by atoms with Gasteiger partial charge in [-0.25, -0.2) is 0 Å². The molecule has 0 saturated carbocycles. The summed E-state index contributed by atoms with van der Waals surface area (Å²) in [4.78, 5) is 11.1. The van der Waals surface area contributed by atoms with Crippen LogP contribution in [0, 0.1) is 5.92 Å². The molecule has 0 fully saturated rings. The summed E-state index contributed by atoms with van der Waals surface area (Å²) in [5, 5.41) is 0. The fourth-order valence-corrected chi connectivity index (χ4v) is 2.88. The van der Waals surface area contributed by atoms with E-state index in [1.807, 2.05) is 0 Å². The van der Waals surface area contributed by atoms with E-state index in [1.54, 1.807) is 6.92 Å². The van der Waals surface area contributed by atoms with Gasteiger partial charge >= 0.3 is 5.97 Å². The quantitative estimate of drug-likeness (QED) is 0.465. The highest BCUT2D eigenvalue weighted by Gasteiger charge is 2.15. The van der Waals surface area contributed by atoms with Gasteiger partial charge in [0.2, 0.25) is 0 Å². The molecule has 0 saturated heterocycles. The number of unbranched alkanes of at least 4 members (excludes halogenated alkanes) is 4. The van der Waals surface area contributed by atoms with Crippen LogP contribution < -0.4 is 0 Å². The molecule has 4 heteroatoms. The topological polar surface area (TPSA) is 43.4 Å². The fraction of sp³-hybridized carbons (Fsp3) is 0.917. The summed E-state index contributed by atoms with van der Waals surface area (Å²) in [6, 6.07) is 0. The zero-order chi connectivity index (χ0) is 12.4. The number of methoxy groups -OCH3 is 1. The third kappa shape index (κ3) is 7.85. The van der Waals surface area contributed by atoms with Crippen LogP contribution in [0.1, 0.15) is 46.0 Å². The van der Waals surface area contributed by atoms with E-state index in [1.165, 1.54) is 26.4 Å². The lowest BCUT2D eigenvalue weighted by Crippen LogP contribution is -2.20. The van der Waals surface area contributed by atoms with Crippen molar-refractivity contribution in [2.24, 2.45) is 5.92 Å². The van der Waals surface area contributed by atoms with Gasteiger partial charge in [0.05, 0.1) is 13.0 Å². The van der Waals surface area contributed by atoms with Crippen molar-refractivity contribution in [1.29, 1.82) is 0 Å². The second kappa shape index (κ2) is 9.82. The van der Waals surface area contributed by atoms with Gasteiger partial charge in [-0.3, -0.25) is 9.00 Å². The molecule has 0 N–H and O–H groups in total. The zero-order valence-corrected chi connectivity index (χ0v) is 11.5. The molecule has 0 spiro atoms. The minimum absolute atomic E-state index is 0.249. The summed E-state index contributed by atoms with van der Waals surface area (Å²) in [6.45, 7) is 3.94. The maximum Gasteiger partial charge on any atom is 0.309 e. The second-order valence-electron chi connectivity index (χ2n) is 4.15. The molecule has 0 aliphatic carbocycles. The molecule has 0 aromatic carbocycles. The van der Waals surface area contributed by atoms with Gasteiger partial charge in [-0.15, -0.1) is 0 Å². The van der Waals surface area contributed by atoms with Gasteiger partial charge in [-0.1, -0.05) is 39.5 Å². The van der Waals surface area contributed by atoms with E-state index >= 15 is 0 Å². The molecule has 0 radical (unpaired) electrons. The van der Waals surface area contributed by atoms with E-state index in [0.29, 0.717) is 11.5 Å². The molecule has 0 bridgehead atoms. The Morgan fingerprint density at radius 2 is 1.88 bits per heavy atom. The van der Waals surface area contributed by atoms with Crippen molar-refractivity contribution in [3.8, 4) is 0 Å². The smallest absolute Gasteiger partial charge is 0.309 e. The second-order valence-corrected chi connectivity index (χ2v) is 5.77. The minimum Gasteiger partial charge on any atom is -0.469 e. The molecule has 0 rings (SSSR count). The maximum atomic E-state index is 11.6. The van der Waals surface area contributed by atoms with Crippen molar-refractivity contribution in [3.63, 3.8) is 0 Å². The Hall–Kier alpha value is -0.380. The number of ether oxygens (including phenoxy) is 1. The zero-order valence-electron chi connectivity index (χ0n) is 10.7.